The molecule has 3 rings (SSSR count). The normalized spacial score (nSPS) is 16.6. The maximum Gasteiger partial charge on any atom is 0.311 e. The minimum Gasteiger partial charge on any atom is -0.455 e. The molecule has 7 heteroatoms. The maximum atomic E-state index is 12.6. The standard InChI is InChI=1S/C24H26N2O5/c1-3-16(2)19-11-7-8-12-20(19)26-14-18(13-22(26)28)24(30)31-15-21(27)25-23(29)17-9-5-4-6-10-17/h4-12,16,18H,3,13-15H2,1-2H3,(H,25,27,29)/t16-,18+/m0/s1. The van der Waals surface area contributed by atoms with Crippen molar-refractivity contribution in [2.45, 2.75) is 32.6 Å². The van der Waals surface area contributed by atoms with Crippen molar-refractivity contribution in [2.24, 2.45) is 5.92 Å². The van der Waals surface area contributed by atoms with Crippen molar-refractivity contribution in [1.29, 1.82) is 0 Å². The molecular formula is C24H26N2O5. The molecule has 3 amide bonds. The monoisotopic (exact) mass is 422 g/mol. The molecule has 1 fully saturated rings. The summed E-state index contributed by atoms with van der Waals surface area (Å²) >= 11 is 0. The second-order valence-electron chi connectivity index (χ2n) is 7.62. The van der Waals surface area contributed by atoms with Crippen molar-refractivity contribution in [3.8, 4) is 0 Å². The van der Waals surface area contributed by atoms with Crippen LogP contribution in [0.4, 0.5) is 5.69 Å². The van der Waals surface area contributed by atoms with Gasteiger partial charge in [0.1, 0.15) is 0 Å². The summed E-state index contributed by atoms with van der Waals surface area (Å²) in [4.78, 5) is 50.6. The molecule has 1 N–H and O–H groups in total. The van der Waals surface area contributed by atoms with Crippen LogP contribution in [0, 0.1) is 5.92 Å². The molecule has 162 valence electrons. The lowest BCUT2D eigenvalue weighted by molar-refractivity contribution is -0.152. The molecule has 31 heavy (non-hydrogen) atoms. The van der Waals surface area contributed by atoms with Gasteiger partial charge in [-0.3, -0.25) is 24.5 Å². The number of ether oxygens (including phenoxy) is 1. The van der Waals surface area contributed by atoms with E-state index in [2.05, 4.69) is 19.2 Å². The zero-order valence-corrected chi connectivity index (χ0v) is 17.7. The molecule has 2 aromatic rings. The summed E-state index contributed by atoms with van der Waals surface area (Å²) in [6.07, 6.45) is 0.958. The molecule has 7 nitrogen and oxygen atoms in total. The van der Waals surface area contributed by atoms with Gasteiger partial charge in [0.15, 0.2) is 6.61 Å². The smallest absolute Gasteiger partial charge is 0.311 e. The lowest BCUT2D eigenvalue weighted by atomic mass is 9.96. The Labute approximate surface area is 181 Å². The number of hydrogen-bond donors (Lipinski definition) is 1. The van der Waals surface area contributed by atoms with Crippen LogP contribution in [0.2, 0.25) is 0 Å². The van der Waals surface area contributed by atoms with E-state index in [1.54, 1.807) is 35.2 Å². The summed E-state index contributed by atoms with van der Waals surface area (Å²) in [5, 5.41) is 2.18. The molecule has 0 unspecified atom stereocenters. The predicted octanol–water partition coefficient (Wildman–Crippen LogP) is 3.05. The second-order valence-corrected chi connectivity index (χ2v) is 7.62. The summed E-state index contributed by atoms with van der Waals surface area (Å²) in [6, 6.07) is 16.0. The van der Waals surface area contributed by atoms with Crippen LogP contribution >= 0.6 is 0 Å². The highest BCUT2D eigenvalue weighted by Crippen LogP contribution is 2.33. The molecule has 0 radical (unpaired) electrons. The first kappa shape index (κ1) is 22.2. The molecule has 2 aromatic carbocycles. The van der Waals surface area contributed by atoms with Gasteiger partial charge in [-0.1, -0.05) is 50.2 Å². The van der Waals surface area contributed by atoms with Gasteiger partial charge in [0, 0.05) is 24.2 Å². The first-order valence-electron chi connectivity index (χ1n) is 10.4. The molecule has 1 aliphatic rings. The minimum atomic E-state index is -0.717. The van der Waals surface area contributed by atoms with E-state index >= 15 is 0 Å². The molecule has 1 aliphatic heterocycles. The average molecular weight is 422 g/mol. The number of carbonyl (C=O) groups is 4. The van der Waals surface area contributed by atoms with Crippen molar-refractivity contribution < 1.29 is 23.9 Å². The van der Waals surface area contributed by atoms with Gasteiger partial charge in [0.05, 0.1) is 5.92 Å². The van der Waals surface area contributed by atoms with Gasteiger partial charge in [0.2, 0.25) is 5.91 Å². The molecule has 0 spiro atoms. The highest BCUT2D eigenvalue weighted by Gasteiger charge is 2.37. The molecule has 1 heterocycles. The number of anilines is 1. The van der Waals surface area contributed by atoms with Gasteiger partial charge in [-0.25, -0.2) is 0 Å². The molecular weight excluding hydrogens is 396 g/mol. The van der Waals surface area contributed by atoms with Crippen molar-refractivity contribution in [1.82, 2.24) is 5.32 Å². The lowest BCUT2D eigenvalue weighted by Gasteiger charge is -2.23. The minimum absolute atomic E-state index is 0.0260. The Balaban J connectivity index is 1.56. The number of nitrogens with zero attached hydrogens (tertiary/aromatic N) is 1. The van der Waals surface area contributed by atoms with E-state index in [4.69, 9.17) is 4.74 Å². The fraction of sp³-hybridized carbons (Fsp3) is 0.333. The van der Waals surface area contributed by atoms with E-state index in [9.17, 15) is 19.2 Å². The SMILES string of the molecule is CC[C@H](C)c1ccccc1N1C[C@H](C(=O)OCC(=O)NC(=O)c2ccccc2)CC1=O. The van der Waals surface area contributed by atoms with Gasteiger partial charge >= 0.3 is 5.97 Å². The molecule has 0 bridgehead atoms. The van der Waals surface area contributed by atoms with Crippen molar-refractivity contribution >= 4 is 29.4 Å². The summed E-state index contributed by atoms with van der Waals surface area (Å²) < 4.78 is 5.07. The highest BCUT2D eigenvalue weighted by molar-refractivity contribution is 6.05. The molecule has 0 saturated carbocycles. The molecule has 1 saturated heterocycles. The summed E-state index contributed by atoms with van der Waals surface area (Å²) in [5.41, 5.74) is 2.20. The Bertz CT molecular complexity index is 973. The number of nitrogens with one attached hydrogen (secondary N) is 1. The third kappa shape index (κ3) is 5.36. The van der Waals surface area contributed by atoms with Crippen LogP contribution in [0.25, 0.3) is 0 Å². The van der Waals surface area contributed by atoms with E-state index < -0.39 is 30.3 Å². The topological polar surface area (TPSA) is 92.8 Å². The zero-order chi connectivity index (χ0) is 22.4. The maximum absolute atomic E-state index is 12.6. The summed E-state index contributed by atoms with van der Waals surface area (Å²) in [5.74, 6) is -2.44. The first-order chi connectivity index (χ1) is 14.9. The average Bonchev–Trinajstić information content (AvgIpc) is 3.19. The van der Waals surface area contributed by atoms with Crippen LogP contribution in [-0.2, 0) is 19.1 Å². The van der Waals surface area contributed by atoms with E-state index in [1.165, 1.54) is 0 Å². The molecule has 0 aliphatic carbocycles. The number of para-hydroxylation sites is 1. The Kier molecular flexibility index (Phi) is 7.18. The second kappa shape index (κ2) is 10.0. The third-order valence-corrected chi connectivity index (χ3v) is 5.46. The van der Waals surface area contributed by atoms with E-state index in [-0.39, 0.29) is 24.8 Å². The quantitative estimate of drug-likeness (QED) is 0.693. The number of benzene rings is 2. The van der Waals surface area contributed by atoms with Gasteiger partial charge in [-0.05, 0) is 36.1 Å². The molecule has 2 atom stereocenters. The number of carbonyl (C=O) groups excluding carboxylic acids is 4. The van der Waals surface area contributed by atoms with Gasteiger partial charge < -0.3 is 9.64 Å². The van der Waals surface area contributed by atoms with Crippen LogP contribution < -0.4 is 10.2 Å². The Morgan fingerprint density at radius 1 is 1.10 bits per heavy atom. The number of rotatable bonds is 7. The largest absolute Gasteiger partial charge is 0.455 e. The third-order valence-electron chi connectivity index (χ3n) is 5.46. The summed E-state index contributed by atoms with van der Waals surface area (Å²) in [6.45, 7) is 3.81. The van der Waals surface area contributed by atoms with Crippen LogP contribution in [0.3, 0.4) is 0 Å². The zero-order valence-electron chi connectivity index (χ0n) is 17.7. The fourth-order valence-electron chi connectivity index (χ4n) is 3.55. The molecule has 0 aromatic heterocycles. The van der Waals surface area contributed by atoms with E-state index in [1.807, 2.05) is 24.3 Å². The van der Waals surface area contributed by atoms with Crippen LogP contribution in [-0.4, -0.2) is 36.8 Å². The van der Waals surface area contributed by atoms with Gasteiger partial charge in [-0.2, -0.15) is 0 Å². The Morgan fingerprint density at radius 2 is 1.77 bits per heavy atom. The van der Waals surface area contributed by atoms with Crippen LogP contribution in [0.1, 0.15) is 48.5 Å². The van der Waals surface area contributed by atoms with Crippen LogP contribution in [0.5, 0.6) is 0 Å². The fourth-order valence-corrected chi connectivity index (χ4v) is 3.55. The van der Waals surface area contributed by atoms with Crippen molar-refractivity contribution in [3.05, 3.63) is 65.7 Å². The number of hydrogen-bond acceptors (Lipinski definition) is 5. The van der Waals surface area contributed by atoms with Crippen molar-refractivity contribution in [3.63, 3.8) is 0 Å². The first-order valence-corrected chi connectivity index (χ1v) is 10.4. The van der Waals surface area contributed by atoms with Gasteiger partial charge in [0.25, 0.3) is 11.8 Å². The predicted molar refractivity (Wildman–Crippen MR) is 115 cm³/mol. The van der Waals surface area contributed by atoms with E-state index in [0.29, 0.717) is 5.56 Å². The Morgan fingerprint density at radius 3 is 2.48 bits per heavy atom. The number of esters is 1. The van der Waals surface area contributed by atoms with Crippen molar-refractivity contribution in [2.75, 3.05) is 18.1 Å². The summed E-state index contributed by atoms with van der Waals surface area (Å²) in [7, 11) is 0. The van der Waals surface area contributed by atoms with Gasteiger partial charge in [-0.15, -0.1) is 0 Å². The number of imide groups is 1. The van der Waals surface area contributed by atoms with Crippen LogP contribution in [0.15, 0.2) is 54.6 Å². The number of amides is 3. The van der Waals surface area contributed by atoms with E-state index in [0.717, 1.165) is 17.7 Å². The highest BCUT2D eigenvalue weighted by atomic mass is 16.5. The lowest BCUT2D eigenvalue weighted by Crippen LogP contribution is -2.35. The Hall–Kier alpha value is -3.48.